The van der Waals surface area contributed by atoms with E-state index in [4.69, 9.17) is 18.0 Å². The van der Waals surface area contributed by atoms with Gasteiger partial charge < -0.3 is 28.4 Å². The number of hydrogen-bond acceptors (Lipinski definition) is 7. The van der Waals surface area contributed by atoms with E-state index in [0.29, 0.717) is 32.3 Å². The van der Waals surface area contributed by atoms with Crippen molar-refractivity contribution in [3.05, 3.63) is 30.1 Å². The molecule has 1 aromatic rings. The van der Waals surface area contributed by atoms with E-state index in [1.165, 1.54) is 0 Å². The molecule has 8 heteroatoms. The summed E-state index contributed by atoms with van der Waals surface area (Å²) in [4.78, 5) is 3.96. The van der Waals surface area contributed by atoms with Crippen LogP contribution in [0.3, 0.4) is 0 Å². The fourth-order valence-corrected chi connectivity index (χ4v) is 3.80. The van der Waals surface area contributed by atoms with Gasteiger partial charge in [-0.3, -0.25) is 4.98 Å². The number of rotatable bonds is 13. The number of nitrogens with zero attached hydrogens (tertiary/aromatic N) is 1. The number of pyridine rings is 1. The van der Waals surface area contributed by atoms with Crippen molar-refractivity contribution in [2.75, 3.05) is 41.1 Å². The molecule has 0 radical (unpaired) electrons. The second kappa shape index (κ2) is 11.6. The number of hydrogen-bond donors (Lipinski definition) is 2. The molecule has 1 rings (SSSR count). The van der Waals surface area contributed by atoms with Crippen LogP contribution in [0.5, 0.6) is 0 Å². The Balaban J connectivity index is 2.06. The number of aliphatic hydroxyl groups is 1. The first-order valence-corrected chi connectivity index (χ1v) is 9.60. The van der Waals surface area contributed by atoms with Crippen molar-refractivity contribution in [2.24, 2.45) is 0 Å². The molecule has 1 aromatic heterocycles. The molecule has 0 fully saturated rings. The quantitative estimate of drug-likeness (QED) is 0.405. The van der Waals surface area contributed by atoms with Crippen LogP contribution in [0.2, 0.25) is 6.04 Å². The van der Waals surface area contributed by atoms with Crippen LogP contribution in [0.25, 0.3) is 0 Å². The van der Waals surface area contributed by atoms with Crippen molar-refractivity contribution >= 4 is 8.80 Å². The maximum atomic E-state index is 9.86. The van der Waals surface area contributed by atoms with Crippen LogP contribution >= 0.6 is 0 Å². The van der Waals surface area contributed by atoms with Gasteiger partial charge in [0.1, 0.15) is 0 Å². The second-order valence-electron chi connectivity index (χ2n) is 5.11. The summed E-state index contributed by atoms with van der Waals surface area (Å²) < 4.78 is 21.5. The lowest BCUT2D eigenvalue weighted by molar-refractivity contribution is 0.0351. The van der Waals surface area contributed by atoms with Crippen LogP contribution in [0.4, 0.5) is 0 Å². The third-order valence-corrected chi connectivity index (χ3v) is 6.31. The van der Waals surface area contributed by atoms with Crippen LogP contribution in [0.1, 0.15) is 12.0 Å². The summed E-state index contributed by atoms with van der Waals surface area (Å²) in [5.74, 6) is 0. The van der Waals surface area contributed by atoms with Gasteiger partial charge in [0.2, 0.25) is 0 Å². The minimum Gasteiger partial charge on any atom is -0.527 e. The van der Waals surface area contributed by atoms with Crippen LogP contribution in [0.15, 0.2) is 24.5 Å². The molecule has 0 spiro atoms. The average Bonchev–Trinajstić information content (AvgIpc) is 2.59. The first-order valence-electron chi connectivity index (χ1n) is 7.66. The number of nitrogens with one attached hydrogen (secondary N) is 1. The highest BCUT2D eigenvalue weighted by Crippen LogP contribution is 2.14. The summed E-state index contributed by atoms with van der Waals surface area (Å²) >= 11 is 0. The van der Waals surface area contributed by atoms with E-state index >= 15 is 0 Å². The molecule has 0 saturated heterocycles. The normalized spacial score (nSPS) is 13.2. The van der Waals surface area contributed by atoms with Gasteiger partial charge in [-0.25, -0.2) is 0 Å². The van der Waals surface area contributed by atoms with E-state index in [1.54, 1.807) is 33.7 Å². The van der Waals surface area contributed by atoms with Gasteiger partial charge in [-0.2, -0.15) is 0 Å². The molecule has 0 aromatic carbocycles. The third kappa shape index (κ3) is 7.98. The lowest BCUT2D eigenvalue weighted by Gasteiger charge is -2.38. The lowest BCUT2D eigenvalue weighted by Crippen LogP contribution is -2.42. The Morgan fingerprint density at radius 1 is 1.17 bits per heavy atom. The van der Waals surface area contributed by atoms with Crippen molar-refractivity contribution in [1.82, 2.24) is 10.3 Å². The van der Waals surface area contributed by atoms with E-state index < -0.39 is 14.9 Å². The molecule has 1 unspecified atom stereocenters. The minimum absolute atomic E-state index is 0.296. The van der Waals surface area contributed by atoms with E-state index in [-0.39, 0.29) is 0 Å². The van der Waals surface area contributed by atoms with Crippen molar-refractivity contribution in [3.8, 4) is 0 Å². The summed E-state index contributed by atoms with van der Waals surface area (Å²) in [5.41, 5.74) is 1.13. The zero-order chi connectivity index (χ0) is 17.0. The predicted molar refractivity (Wildman–Crippen MR) is 89.0 cm³/mol. The van der Waals surface area contributed by atoms with E-state index in [2.05, 4.69) is 10.3 Å². The fourth-order valence-electron chi connectivity index (χ4n) is 2.11. The Labute approximate surface area is 139 Å². The maximum Gasteiger partial charge on any atom is 0.280 e. The molecule has 0 aliphatic carbocycles. The maximum absolute atomic E-state index is 9.86. The first-order chi connectivity index (χ1) is 11.2. The van der Waals surface area contributed by atoms with Crippen molar-refractivity contribution in [2.45, 2.75) is 25.1 Å². The molecular formula is C15H28N2O5Si-. The van der Waals surface area contributed by atoms with Crippen molar-refractivity contribution < 1.29 is 23.1 Å². The van der Waals surface area contributed by atoms with Crippen LogP contribution < -0.4 is 5.32 Å². The molecule has 2 N–H and O–H groups in total. The molecule has 133 valence electrons. The molecule has 0 aliphatic heterocycles. The molecule has 0 aliphatic rings. The number of ether oxygens (including phenoxy) is 1. The average molecular weight is 344 g/mol. The van der Waals surface area contributed by atoms with Gasteiger partial charge in [0.25, 0.3) is 8.80 Å². The number of aromatic nitrogens is 1. The fraction of sp³-hybridized carbons (Fsp3) is 0.667. The van der Waals surface area contributed by atoms with E-state index in [9.17, 15) is 5.11 Å². The summed E-state index contributed by atoms with van der Waals surface area (Å²) in [6.45, 7) is 2.01. The Morgan fingerprint density at radius 3 is 2.43 bits per heavy atom. The van der Waals surface area contributed by atoms with Gasteiger partial charge in [-0.15, -0.1) is 0 Å². The van der Waals surface area contributed by atoms with Crippen LogP contribution in [0, 0.1) is 0 Å². The summed E-state index contributed by atoms with van der Waals surface area (Å²) in [5, 5.41) is 13.0. The van der Waals surface area contributed by atoms with Gasteiger partial charge in [0.15, 0.2) is 0 Å². The third-order valence-electron chi connectivity index (χ3n) is 3.47. The molecule has 0 bridgehead atoms. The SMILES string of the molecule is CO[Si-](CCCOCC(O)CNCc1ccncc1)(OC)OC. The molecule has 0 amide bonds. The highest BCUT2D eigenvalue weighted by molar-refractivity contribution is 6.60. The topological polar surface area (TPSA) is 82.1 Å². The summed E-state index contributed by atoms with van der Waals surface area (Å²) in [7, 11) is 2.27. The molecule has 0 saturated carbocycles. The second-order valence-corrected chi connectivity index (χ2v) is 8.20. The van der Waals surface area contributed by atoms with E-state index in [1.807, 2.05) is 12.1 Å². The van der Waals surface area contributed by atoms with E-state index in [0.717, 1.165) is 12.0 Å². The monoisotopic (exact) mass is 344 g/mol. The molecular weight excluding hydrogens is 316 g/mol. The molecule has 1 atom stereocenters. The van der Waals surface area contributed by atoms with Gasteiger partial charge in [0, 0.05) is 32.1 Å². The van der Waals surface area contributed by atoms with Crippen LogP contribution in [-0.2, 0) is 24.6 Å². The molecule has 23 heavy (non-hydrogen) atoms. The lowest BCUT2D eigenvalue weighted by atomic mass is 10.2. The molecule has 1 heterocycles. The largest absolute Gasteiger partial charge is 0.527 e. The number of aliphatic hydroxyl groups excluding tert-OH is 1. The Kier molecular flexibility index (Phi) is 10.2. The molecule has 7 nitrogen and oxygen atoms in total. The van der Waals surface area contributed by atoms with Crippen molar-refractivity contribution in [1.29, 1.82) is 0 Å². The Morgan fingerprint density at radius 2 is 1.83 bits per heavy atom. The summed E-state index contributed by atoms with van der Waals surface area (Å²) in [6.07, 6.45) is 3.73. The zero-order valence-corrected chi connectivity index (χ0v) is 15.2. The highest BCUT2D eigenvalue weighted by atomic mass is 28.4. The highest BCUT2D eigenvalue weighted by Gasteiger charge is 2.21. The minimum atomic E-state index is -2.51. The van der Waals surface area contributed by atoms with Crippen LogP contribution in [-0.4, -0.2) is 66.1 Å². The standard InChI is InChI=1S/C15H28N2O5Si/c1-19-23(20-2,21-3)10-4-9-22-13-15(18)12-17-11-14-5-7-16-8-6-14/h5-8,15,17-18H,4,9-13H2,1-3H3/q-1. The smallest absolute Gasteiger partial charge is 0.280 e. The van der Waals surface area contributed by atoms with Gasteiger partial charge in [-0.1, -0.05) is 12.5 Å². The summed E-state index contributed by atoms with van der Waals surface area (Å²) in [6, 6.07) is 4.56. The Bertz CT molecular complexity index is 398. The van der Waals surface area contributed by atoms with Gasteiger partial charge >= 0.3 is 0 Å². The Hall–Kier alpha value is -0.873. The van der Waals surface area contributed by atoms with Gasteiger partial charge in [-0.05, 0) is 39.0 Å². The first kappa shape index (κ1) is 20.2. The predicted octanol–water partition coefficient (Wildman–Crippen LogP) is 0.817. The van der Waals surface area contributed by atoms with Gasteiger partial charge in [0.05, 0.1) is 12.7 Å². The zero-order valence-electron chi connectivity index (χ0n) is 14.2. The van der Waals surface area contributed by atoms with Crippen molar-refractivity contribution in [3.63, 3.8) is 0 Å².